The molecule has 2 aromatic carbocycles. The number of benzene rings is 2. The molecule has 1 saturated carbocycles. The Morgan fingerprint density at radius 1 is 0.914 bits per heavy atom. The van der Waals surface area contributed by atoms with Crippen LogP contribution in [0.25, 0.3) is 0 Å². The van der Waals surface area contributed by atoms with Gasteiger partial charge in [-0.1, -0.05) is 17.7 Å². The quantitative estimate of drug-likeness (QED) is 0.387. The Morgan fingerprint density at radius 2 is 1.60 bits per heavy atom. The second-order valence-electron chi connectivity index (χ2n) is 8.80. The van der Waals surface area contributed by atoms with Gasteiger partial charge in [0.15, 0.2) is 0 Å². The van der Waals surface area contributed by atoms with E-state index in [1.54, 1.807) is 30.3 Å². The van der Waals surface area contributed by atoms with E-state index in [0.717, 1.165) is 36.8 Å². The van der Waals surface area contributed by atoms with Crippen LogP contribution in [0, 0.1) is 19.8 Å². The maximum atomic E-state index is 12.6. The number of rotatable bonds is 9. The third-order valence-corrected chi connectivity index (χ3v) is 6.58. The van der Waals surface area contributed by atoms with E-state index in [1.165, 1.54) is 0 Å². The van der Waals surface area contributed by atoms with Crippen molar-refractivity contribution in [1.82, 2.24) is 10.6 Å². The van der Waals surface area contributed by atoms with Gasteiger partial charge in [0.05, 0.1) is 18.6 Å². The van der Waals surface area contributed by atoms with Gasteiger partial charge in [0.2, 0.25) is 0 Å². The first-order chi connectivity index (χ1) is 16.8. The van der Waals surface area contributed by atoms with E-state index in [9.17, 15) is 14.4 Å². The monoisotopic (exact) mass is 500 g/mol. The lowest BCUT2D eigenvalue weighted by molar-refractivity contribution is -0.149. The molecule has 1 aliphatic rings. The van der Waals surface area contributed by atoms with Gasteiger partial charge in [-0.3, -0.25) is 14.4 Å². The lowest BCUT2D eigenvalue weighted by Crippen LogP contribution is -2.35. The van der Waals surface area contributed by atoms with E-state index in [0.29, 0.717) is 41.6 Å². The summed E-state index contributed by atoms with van der Waals surface area (Å²) in [6, 6.07) is 10.5. The van der Waals surface area contributed by atoms with E-state index in [1.807, 2.05) is 26.8 Å². The first-order valence-corrected chi connectivity index (χ1v) is 12.4. The number of nitrogens with one attached hydrogen (secondary N) is 2. The van der Waals surface area contributed by atoms with Gasteiger partial charge in [-0.15, -0.1) is 0 Å². The average Bonchev–Trinajstić information content (AvgIpc) is 2.84. The summed E-state index contributed by atoms with van der Waals surface area (Å²) >= 11 is 6.07. The third-order valence-electron chi connectivity index (χ3n) is 6.17. The van der Waals surface area contributed by atoms with Gasteiger partial charge in [0.25, 0.3) is 11.8 Å². The minimum absolute atomic E-state index is 0.0397. The Hall–Kier alpha value is -3.06. The summed E-state index contributed by atoms with van der Waals surface area (Å²) in [7, 11) is 0. The fourth-order valence-corrected chi connectivity index (χ4v) is 4.30. The predicted octanol–water partition coefficient (Wildman–Crippen LogP) is 4.62. The second kappa shape index (κ2) is 12.6. The summed E-state index contributed by atoms with van der Waals surface area (Å²) in [5, 5.41) is 6.15. The van der Waals surface area contributed by atoms with Crippen LogP contribution in [0.1, 0.15) is 64.4 Å². The second-order valence-corrected chi connectivity index (χ2v) is 9.20. The number of halogens is 1. The van der Waals surface area contributed by atoms with Crippen LogP contribution in [0.3, 0.4) is 0 Å². The molecule has 2 aromatic rings. The van der Waals surface area contributed by atoms with Gasteiger partial charge in [0.1, 0.15) is 5.75 Å². The van der Waals surface area contributed by atoms with Crippen molar-refractivity contribution >= 4 is 29.4 Å². The van der Waals surface area contributed by atoms with Gasteiger partial charge in [-0.05, 0) is 87.9 Å². The zero-order valence-corrected chi connectivity index (χ0v) is 21.2. The Morgan fingerprint density at radius 3 is 2.23 bits per heavy atom. The molecule has 1 aliphatic carbocycles. The zero-order chi connectivity index (χ0) is 25.4. The molecule has 7 nitrogen and oxygen atoms in total. The number of hydrogen-bond donors (Lipinski definition) is 2. The number of hydrogen-bond acceptors (Lipinski definition) is 5. The van der Waals surface area contributed by atoms with Crippen LogP contribution in [-0.2, 0) is 9.53 Å². The molecule has 2 N–H and O–H groups in total. The topological polar surface area (TPSA) is 93.7 Å². The lowest BCUT2D eigenvalue weighted by atomic mass is 9.87. The van der Waals surface area contributed by atoms with E-state index in [2.05, 4.69) is 10.6 Å². The van der Waals surface area contributed by atoms with Crippen LogP contribution in [0.4, 0.5) is 0 Å². The molecule has 3 rings (SSSR count). The highest BCUT2D eigenvalue weighted by Crippen LogP contribution is 2.29. The van der Waals surface area contributed by atoms with Gasteiger partial charge in [-0.2, -0.15) is 0 Å². The minimum Gasteiger partial charge on any atom is -0.490 e. The number of aryl methyl sites for hydroxylation is 2. The van der Waals surface area contributed by atoms with Gasteiger partial charge < -0.3 is 20.1 Å². The van der Waals surface area contributed by atoms with Crippen LogP contribution in [0.5, 0.6) is 5.75 Å². The lowest BCUT2D eigenvalue weighted by Gasteiger charge is -2.28. The summed E-state index contributed by atoms with van der Waals surface area (Å²) in [6.07, 6.45) is 3.16. The highest BCUT2D eigenvalue weighted by Gasteiger charge is 2.28. The fraction of sp³-hybridized carbons (Fsp3) is 0.444. The Bertz CT molecular complexity index is 1060. The Balaban J connectivity index is 1.43. The number of carbonyl (C=O) groups excluding carboxylic acids is 3. The molecule has 0 bridgehead atoms. The van der Waals surface area contributed by atoms with Crippen LogP contribution < -0.4 is 15.4 Å². The molecule has 35 heavy (non-hydrogen) atoms. The highest BCUT2D eigenvalue weighted by atomic mass is 35.5. The molecule has 0 spiro atoms. The van der Waals surface area contributed by atoms with Crippen LogP contribution in [0.15, 0.2) is 36.4 Å². The van der Waals surface area contributed by atoms with Gasteiger partial charge in [0, 0.05) is 29.2 Å². The standard InChI is InChI=1S/C27H33ClN2O5/c1-4-34-27(33)19-7-9-21(10-8-19)35-22-11-12-23(18(3)15-22)26(32)30-14-13-29-25(31)20-6-5-17(2)24(28)16-20/h5-6,11-12,15-16,19,21H,4,7-10,13-14H2,1-3H3,(H,29,31)(H,30,32). The molecule has 2 amide bonds. The summed E-state index contributed by atoms with van der Waals surface area (Å²) in [4.78, 5) is 36.7. The first-order valence-electron chi connectivity index (χ1n) is 12.0. The van der Waals surface area contributed by atoms with Crippen LogP contribution in [0.2, 0.25) is 5.02 Å². The number of esters is 1. The van der Waals surface area contributed by atoms with E-state index >= 15 is 0 Å². The maximum Gasteiger partial charge on any atom is 0.308 e. The van der Waals surface area contributed by atoms with Crippen molar-refractivity contribution in [2.45, 2.75) is 52.6 Å². The van der Waals surface area contributed by atoms with E-state index in [4.69, 9.17) is 21.1 Å². The molecule has 0 radical (unpaired) electrons. The molecule has 0 saturated heterocycles. The Kier molecular flexibility index (Phi) is 9.55. The molecule has 8 heteroatoms. The van der Waals surface area contributed by atoms with Crippen molar-refractivity contribution in [3.05, 3.63) is 63.7 Å². The summed E-state index contributed by atoms with van der Waals surface area (Å²) in [5.74, 6) is 0.104. The van der Waals surface area contributed by atoms with Gasteiger partial charge in [-0.25, -0.2) is 0 Å². The van der Waals surface area contributed by atoms with Crippen molar-refractivity contribution in [1.29, 1.82) is 0 Å². The zero-order valence-electron chi connectivity index (χ0n) is 20.5. The number of amides is 2. The molecule has 0 unspecified atom stereocenters. The molecular weight excluding hydrogens is 468 g/mol. The van der Waals surface area contributed by atoms with Crippen molar-refractivity contribution in [2.24, 2.45) is 5.92 Å². The van der Waals surface area contributed by atoms with E-state index < -0.39 is 0 Å². The molecule has 0 heterocycles. The smallest absolute Gasteiger partial charge is 0.308 e. The SMILES string of the molecule is CCOC(=O)C1CCC(Oc2ccc(C(=O)NCCNC(=O)c3ccc(C)c(Cl)c3)c(C)c2)CC1. The van der Waals surface area contributed by atoms with E-state index in [-0.39, 0.29) is 29.8 Å². The highest BCUT2D eigenvalue weighted by molar-refractivity contribution is 6.31. The predicted molar refractivity (Wildman–Crippen MR) is 135 cm³/mol. The van der Waals surface area contributed by atoms with Crippen molar-refractivity contribution in [3.63, 3.8) is 0 Å². The van der Waals surface area contributed by atoms with Crippen molar-refractivity contribution in [2.75, 3.05) is 19.7 Å². The molecule has 188 valence electrons. The first kappa shape index (κ1) is 26.5. The van der Waals surface area contributed by atoms with Crippen molar-refractivity contribution < 1.29 is 23.9 Å². The maximum absolute atomic E-state index is 12.6. The normalized spacial score (nSPS) is 17.4. The van der Waals surface area contributed by atoms with Crippen LogP contribution in [-0.4, -0.2) is 43.6 Å². The van der Waals surface area contributed by atoms with Crippen LogP contribution >= 0.6 is 11.6 Å². The van der Waals surface area contributed by atoms with Gasteiger partial charge >= 0.3 is 5.97 Å². The molecule has 0 atom stereocenters. The summed E-state index contributed by atoms with van der Waals surface area (Å²) in [5.41, 5.74) is 2.75. The third kappa shape index (κ3) is 7.46. The minimum atomic E-state index is -0.241. The summed E-state index contributed by atoms with van der Waals surface area (Å²) in [6.45, 7) is 6.56. The fourth-order valence-electron chi connectivity index (χ4n) is 4.12. The molecule has 0 aromatic heterocycles. The summed E-state index contributed by atoms with van der Waals surface area (Å²) < 4.78 is 11.2. The average molecular weight is 501 g/mol. The number of carbonyl (C=O) groups is 3. The van der Waals surface area contributed by atoms with Crippen molar-refractivity contribution in [3.8, 4) is 5.75 Å². The Labute approximate surface area is 211 Å². The molecule has 0 aliphatic heterocycles. The largest absolute Gasteiger partial charge is 0.490 e. The number of ether oxygens (including phenoxy) is 2. The molecular formula is C27H33ClN2O5. The molecule has 1 fully saturated rings.